The molecule has 96 valence electrons. The molecule has 2 unspecified atom stereocenters. The molecule has 2 atom stereocenters. The molecule has 1 aliphatic rings. The first-order valence-electron chi connectivity index (χ1n) is 5.74. The maximum Gasteiger partial charge on any atom is 0.332 e. The number of ether oxygens (including phenoxy) is 1. The Balaban J connectivity index is 1.79. The van der Waals surface area contributed by atoms with Gasteiger partial charge in [-0.15, -0.1) is 0 Å². The number of amides is 1. The number of carboxylic acids is 1. The van der Waals surface area contributed by atoms with Crippen molar-refractivity contribution in [1.29, 1.82) is 0 Å². The fourth-order valence-electron chi connectivity index (χ4n) is 1.83. The number of nitrogens with zero attached hydrogens (tertiary/aromatic N) is 1. The Morgan fingerprint density at radius 1 is 1.44 bits per heavy atom. The van der Waals surface area contributed by atoms with Crippen molar-refractivity contribution in [3.05, 3.63) is 30.1 Å². The van der Waals surface area contributed by atoms with Gasteiger partial charge < -0.3 is 15.2 Å². The Morgan fingerprint density at radius 3 is 2.89 bits per heavy atom. The van der Waals surface area contributed by atoms with Crippen molar-refractivity contribution in [2.24, 2.45) is 0 Å². The second-order valence-electron chi connectivity index (χ2n) is 4.09. The number of hydrogen-bond acceptors (Lipinski definition) is 4. The third-order valence-corrected chi connectivity index (χ3v) is 2.77. The van der Waals surface area contributed by atoms with E-state index in [0.717, 1.165) is 0 Å². The van der Waals surface area contributed by atoms with Crippen molar-refractivity contribution < 1.29 is 19.4 Å². The predicted octanol–water partition coefficient (Wildman–Crippen LogP) is 0.444. The van der Waals surface area contributed by atoms with Crippen LogP contribution in [0.4, 0.5) is 0 Å². The lowest BCUT2D eigenvalue weighted by molar-refractivity contribution is -0.149. The number of carboxylic acid groups (broad SMARTS) is 1. The molecule has 1 fully saturated rings. The van der Waals surface area contributed by atoms with Gasteiger partial charge in [-0.3, -0.25) is 9.78 Å². The Kier molecular flexibility index (Phi) is 3.88. The van der Waals surface area contributed by atoms with E-state index in [1.165, 1.54) is 0 Å². The number of pyridine rings is 1. The second kappa shape index (κ2) is 5.59. The number of aromatic nitrogens is 1. The first-order valence-corrected chi connectivity index (χ1v) is 5.74. The van der Waals surface area contributed by atoms with Crippen molar-refractivity contribution in [1.82, 2.24) is 10.3 Å². The summed E-state index contributed by atoms with van der Waals surface area (Å²) in [7, 11) is 0. The van der Waals surface area contributed by atoms with Crippen molar-refractivity contribution in [2.45, 2.75) is 25.0 Å². The van der Waals surface area contributed by atoms with Gasteiger partial charge in [0.1, 0.15) is 5.69 Å². The van der Waals surface area contributed by atoms with E-state index in [2.05, 4.69) is 10.3 Å². The van der Waals surface area contributed by atoms with Gasteiger partial charge in [0.2, 0.25) is 0 Å². The van der Waals surface area contributed by atoms with E-state index in [0.29, 0.717) is 25.1 Å². The van der Waals surface area contributed by atoms with Gasteiger partial charge in [0.15, 0.2) is 6.10 Å². The highest BCUT2D eigenvalue weighted by atomic mass is 16.5. The van der Waals surface area contributed by atoms with E-state index < -0.39 is 12.1 Å². The van der Waals surface area contributed by atoms with Crippen molar-refractivity contribution in [3.63, 3.8) is 0 Å². The van der Waals surface area contributed by atoms with E-state index in [4.69, 9.17) is 9.84 Å². The smallest absolute Gasteiger partial charge is 0.332 e. The number of aliphatic carboxylic acids is 1. The molecule has 0 saturated carbocycles. The van der Waals surface area contributed by atoms with Crippen LogP contribution in [-0.4, -0.2) is 40.7 Å². The summed E-state index contributed by atoms with van der Waals surface area (Å²) in [6, 6.07) is 5.08. The molecule has 1 aromatic heterocycles. The third kappa shape index (κ3) is 3.04. The molecule has 1 saturated heterocycles. The fourth-order valence-corrected chi connectivity index (χ4v) is 1.83. The lowest BCUT2D eigenvalue weighted by Crippen LogP contribution is -2.33. The molecule has 1 amide bonds. The Labute approximate surface area is 104 Å². The Hall–Kier alpha value is -1.95. The number of carbonyl (C=O) groups is 2. The van der Waals surface area contributed by atoms with Crippen LogP contribution < -0.4 is 5.32 Å². The molecule has 0 aromatic carbocycles. The van der Waals surface area contributed by atoms with Gasteiger partial charge in [-0.05, 0) is 25.0 Å². The van der Waals surface area contributed by atoms with E-state index in [1.807, 2.05) is 0 Å². The quantitative estimate of drug-likeness (QED) is 0.809. The van der Waals surface area contributed by atoms with Gasteiger partial charge in [-0.1, -0.05) is 6.07 Å². The molecule has 1 aliphatic heterocycles. The summed E-state index contributed by atoms with van der Waals surface area (Å²) in [4.78, 5) is 26.3. The van der Waals surface area contributed by atoms with E-state index >= 15 is 0 Å². The van der Waals surface area contributed by atoms with Crippen LogP contribution in [0.2, 0.25) is 0 Å². The molecule has 6 heteroatoms. The van der Waals surface area contributed by atoms with Crippen LogP contribution in [0.3, 0.4) is 0 Å². The van der Waals surface area contributed by atoms with Crippen LogP contribution in [0.15, 0.2) is 24.4 Å². The minimum atomic E-state index is -0.950. The van der Waals surface area contributed by atoms with Gasteiger partial charge in [-0.25, -0.2) is 4.79 Å². The van der Waals surface area contributed by atoms with Gasteiger partial charge in [0.25, 0.3) is 5.91 Å². The molecule has 0 radical (unpaired) electrons. The molecule has 2 rings (SSSR count). The Bertz CT molecular complexity index is 435. The molecule has 0 aliphatic carbocycles. The first-order chi connectivity index (χ1) is 8.66. The molecule has 6 nitrogen and oxygen atoms in total. The second-order valence-corrected chi connectivity index (χ2v) is 4.09. The van der Waals surface area contributed by atoms with Crippen molar-refractivity contribution in [3.8, 4) is 0 Å². The summed E-state index contributed by atoms with van der Waals surface area (Å²) in [6.45, 7) is 0.305. The zero-order valence-corrected chi connectivity index (χ0v) is 9.70. The largest absolute Gasteiger partial charge is 0.479 e. The molecule has 0 bridgehead atoms. The van der Waals surface area contributed by atoms with Crippen LogP contribution in [-0.2, 0) is 9.53 Å². The topological polar surface area (TPSA) is 88.5 Å². The van der Waals surface area contributed by atoms with Crippen LogP contribution >= 0.6 is 0 Å². The summed E-state index contributed by atoms with van der Waals surface area (Å²) in [5, 5.41) is 11.4. The van der Waals surface area contributed by atoms with E-state index in [-0.39, 0.29) is 12.0 Å². The maximum absolute atomic E-state index is 11.7. The number of nitrogens with one attached hydrogen (secondary N) is 1. The fraction of sp³-hybridized carbons (Fsp3) is 0.417. The number of rotatable bonds is 4. The minimum Gasteiger partial charge on any atom is -0.479 e. The summed E-state index contributed by atoms with van der Waals surface area (Å²) in [5.74, 6) is -1.23. The summed E-state index contributed by atoms with van der Waals surface area (Å²) in [6.07, 6.45) is 1.68. The minimum absolute atomic E-state index is 0.237. The SMILES string of the molecule is O=C(NCC1CCC(C(=O)O)O1)c1ccccn1. The molecular weight excluding hydrogens is 236 g/mol. The summed E-state index contributed by atoms with van der Waals surface area (Å²) < 4.78 is 5.27. The lowest BCUT2D eigenvalue weighted by Gasteiger charge is -2.11. The number of hydrogen-bond donors (Lipinski definition) is 2. The van der Waals surface area contributed by atoms with Crippen molar-refractivity contribution >= 4 is 11.9 Å². The normalized spacial score (nSPS) is 22.7. The highest BCUT2D eigenvalue weighted by molar-refractivity contribution is 5.92. The third-order valence-electron chi connectivity index (χ3n) is 2.77. The van der Waals surface area contributed by atoms with Gasteiger partial charge in [-0.2, -0.15) is 0 Å². The standard InChI is InChI=1S/C12H14N2O4/c15-11(9-3-1-2-6-13-9)14-7-8-4-5-10(18-8)12(16)17/h1-3,6,8,10H,4-5,7H2,(H,14,15)(H,16,17). The predicted molar refractivity (Wildman–Crippen MR) is 62.1 cm³/mol. The zero-order chi connectivity index (χ0) is 13.0. The molecule has 18 heavy (non-hydrogen) atoms. The molecule has 0 spiro atoms. The highest BCUT2D eigenvalue weighted by Crippen LogP contribution is 2.19. The highest BCUT2D eigenvalue weighted by Gasteiger charge is 2.30. The van der Waals surface area contributed by atoms with Crippen LogP contribution in [0.1, 0.15) is 23.3 Å². The number of carbonyl (C=O) groups excluding carboxylic acids is 1. The van der Waals surface area contributed by atoms with Crippen molar-refractivity contribution in [2.75, 3.05) is 6.54 Å². The van der Waals surface area contributed by atoms with Crippen LogP contribution in [0, 0.1) is 0 Å². The first kappa shape index (κ1) is 12.5. The molecule has 2 N–H and O–H groups in total. The maximum atomic E-state index is 11.7. The Morgan fingerprint density at radius 2 is 2.28 bits per heavy atom. The molecular formula is C12H14N2O4. The average molecular weight is 250 g/mol. The average Bonchev–Trinajstić information content (AvgIpc) is 2.86. The van der Waals surface area contributed by atoms with Gasteiger partial charge >= 0.3 is 5.97 Å². The van der Waals surface area contributed by atoms with Crippen LogP contribution in [0.5, 0.6) is 0 Å². The molecule has 1 aromatic rings. The van der Waals surface area contributed by atoms with Gasteiger partial charge in [0, 0.05) is 12.7 Å². The summed E-state index contributed by atoms with van der Waals surface area (Å²) in [5.41, 5.74) is 0.338. The monoisotopic (exact) mass is 250 g/mol. The van der Waals surface area contributed by atoms with Crippen LogP contribution in [0.25, 0.3) is 0 Å². The lowest BCUT2D eigenvalue weighted by atomic mass is 10.2. The van der Waals surface area contributed by atoms with E-state index in [9.17, 15) is 9.59 Å². The zero-order valence-electron chi connectivity index (χ0n) is 9.70. The molecule has 2 heterocycles. The summed E-state index contributed by atoms with van der Waals surface area (Å²) >= 11 is 0. The van der Waals surface area contributed by atoms with Gasteiger partial charge in [0.05, 0.1) is 6.10 Å². The van der Waals surface area contributed by atoms with E-state index in [1.54, 1.807) is 24.4 Å².